The van der Waals surface area contributed by atoms with E-state index in [1.165, 1.54) is 11.2 Å². The number of nitrogens with zero attached hydrogens (tertiary/aromatic N) is 7. The minimum atomic E-state index is -4.47. The molecule has 1 saturated carbocycles. The quantitative estimate of drug-likeness (QED) is 0.644. The van der Waals surface area contributed by atoms with Crippen LogP contribution in [0.15, 0.2) is 18.7 Å². The number of aromatic nitrogens is 4. The molecule has 10 nitrogen and oxygen atoms in total. The highest BCUT2D eigenvalue weighted by Crippen LogP contribution is 2.45. The molecule has 2 aromatic heterocycles. The summed E-state index contributed by atoms with van der Waals surface area (Å²) in [5, 5.41) is 19.4. The molecule has 2 aromatic rings. The zero-order valence-corrected chi connectivity index (χ0v) is 19.9. The van der Waals surface area contributed by atoms with Gasteiger partial charge in [0, 0.05) is 56.1 Å². The van der Waals surface area contributed by atoms with Crippen LogP contribution in [-0.4, -0.2) is 86.6 Å². The lowest BCUT2D eigenvalue weighted by Crippen LogP contribution is -2.62. The maximum absolute atomic E-state index is 12.7. The Labute approximate surface area is 206 Å². The Balaban J connectivity index is 1.21. The van der Waals surface area contributed by atoms with Crippen LogP contribution in [0, 0.1) is 11.3 Å². The number of piperazine rings is 1. The molecule has 0 radical (unpaired) electrons. The molecule has 0 aromatic carbocycles. The Bertz CT molecular complexity index is 1160. The van der Waals surface area contributed by atoms with Gasteiger partial charge in [0.25, 0.3) is 0 Å². The Morgan fingerprint density at radius 3 is 2.75 bits per heavy atom. The van der Waals surface area contributed by atoms with Gasteiger partial charge in [-0.25, -0.2) is 14.8 Å². The molecule has 2 aliphatic heterocycles. The number of nitrogens with one attached hydrogen (secondary N) is 2. The Hall–Kier alpha value is -3.40. The Morgan fingerprint density at radius 2 is 2.06 bits per heavy atom. The van der Waals surface area contributed by atoms with Crippen molar-refractivity contribution in [1.82, 2.24) is 34.9 Å². The molecule has 4 heterocycles. The summed E-state index contributed by atoms with van der Waals surface area (Å²) in [6, 6.07) is -0.0536. The molecule has 0 bridgehead atoms. The van der Waals surface area contributed by atoms with E-state index in [0.29, 0.717) is 32.6 Å². The van der Waals surface area contributed by atoms with Crippen molar-refractivity contribution in [3.63, 3.8) is 0 Å². The predicted octanol–water partition coefficient (Wildman–Crippen LogP) is 2.36. The van der Waals surface area contributed by atoms with Crippen molar-refractivity contribution in [3.8, 4) is 17.3 Å². The summed E-state index contributed by atoms with van der Waals surface area (Å²) < 4.78 is 40.1. The summed E-state index contributed by atoms with van der Waals surface area (Å²) in [6.45, 7) is 3.63. The normalized spacial score (nSPS) is 24.9. The topological polar surface area (TPSA) is 115 Å². The van der Waals surface area contributed by atoms with Crippen LogP contribution in [0.5, 0.6) is 0 Å². The summed E-state index contributed by atoms with van der Waals surface area (Å²) in [4.78, 5) is 24.6. The van der Waals surface area contributed by atoms with Crippen molar-refractivity contribution in [2.45, 2.75) is 56.4 Å². The second kappa shape index (κ2) is 9.24. The second-order valence-electron chi connectivity index (χ2n) is 9.76. The van der Waals surface area contributed by atoms with Crippen molar-refractivity contribution in [1.29, 1.82) is 5.26 Å². The third-order valence-electron chi connectivity index (χ3n) is 7.54. The van der Waals surface area contributed by atoms with Crippen LogP contribution in [-0.2, 0) is 12.0 Å². The molecule has 3 aliphatic rings. The van der Waals surface area contributed by atoms with Crippen molar-refractivity contribution < 1.29 is 18.0 Å². The minimum Gasteiger partial charge on any atom is -0.369 e. The van der Waals surface area contributed by atoms with E-state index in [0.717, 1.165) is 55.4 Å². The van der Waals surface area contributed by atoms with Crippen LogP contribution in [0.1, 0.15) is 31.7 Å². The summed E-state index contributed by atoms with van der Waals surface area (Å²) in [7, 11) is 0. The van der Waals surface area contributed by atoms with Gasteiger partial charge in [-0.05, 0) is 26.2 Å². The van der Waals surface area contributed by atoms with E-state index in [1.54, 1.807) is 6.20 Å². The molecule has 0 spiro atoms. The van der Waals surface area contributed by atoms with Gasteiger partial charge < -0.3 is 15.5 Å². The van der Waals surface area contributed by atoms with Gasteiger partial charge >= 0.3 is 12.2 Å². The molecule has 2 fully saturated rings. The number of carbonyl (C=O) groups is 1. The number of anilines is 1. The molecular weight excluding hydrogens is 475 g/mol. The van der Waals surface area contributed by atoms with Crippen LogP contribution >= 0.6 is 0 Å². The van der Waals surface area contributed by atoms with E-state index in [-0.39, 0.29) is 6.04 Å². The monoisotopic (exact) mass is 503 g/mol. The van der Waals surface area contributed by atoms with E-state index in [9.17, 15) is 23.2 Å². The molecular formula is C23H28F3N9O. The Kier molecular flexibility index (Phi) is 6.23. The van der Waals surface area contributed by atoms with E-state index in [4.69, 9.17) is 0 Å². The van der Waals surface area contributed by atoms with E-state index in [1.807, 2.05) is 16.2 Å². The lowest BCUT2D eigenvalue weighted by molar-refractivity contribution is -0.149. The summed E-state index contributed by atoms with van der Waals surface area (Å²) in [5.41, 5.74) is 2.41. The fourth-order valence-corrected chi connectivity index (χ4v) is 5.34. The number of carbonyl (C=O) groups excluding carboxylic acids is 1. The van der Waals surface area contributed by atoms with Gasteiger partial charge in [-0.1, -0.05) is 0 Å². The van der Waals surface area contributed by atoms with Gasteiger partial charge in [-0.15, -0.1) is 0 Å². The molecule has 192 valence electrons. The summed E-state index contributed by atoms with van der Waals surface area (Å²) in [6.07, 6.45) is 3.46. The SMILES string of the molecule is C[C@@H](NC(=O)N1CCN([C@H]2C[C@](CC#N)(n3cc(-c4ncnc5c4CCN5)cn3)C2)CC1)C(F)(F)F. The molecule has 1 aliphatic carbocycles. The summed E-state index contributed by atoms with van der Waals surface area (Å²) >= 11 is 0. The van der Waals surface area contributed by atoms with Crippen LogP contribution in [0.3, 0.4) is 0 Å². The van der Waals surface area contributed by atoms with Crippen molar-refractivity contribution >= 4 is 11.8 Å². The highest BCUT2D eigenvalue weighted by molar-refractivity contribution is 5.74. The lowest BCUT2D eigenvalue weighted by Gasteiger charge is -2.52. The van der Waals surface area contributed by atoms with E-state index in [2.05, 4.69) is 31.4 Å². The van der Waals surface area contributed by atoms with Crippen molar-refractivity contribution in [3.05, 3.63) is 24.3 Å². The third-order valence-corrected chi connectivity index (χ3v) is 7.54. The number of hydrogen-bond acceptors (Lipinski definition) is 7. The smallest absolute Gasteiger partial charge is 0.369 e. The molecule has 1 saturated heterocycles. The van der Waals surface area contributed by atoms with Gasteiger partial charge in [-0.3, -0.25) is 9.58 Å². The number of halogens is 3. The molecule has 13 heteroatoms. The first-order valence-electron chi connectivity index (χ1n) is 12.1. The first kappa shape index (κ1) is 24.3. The van der Waals surface area contributed by atoms with Crippen LogP contribution in [0.4, 0.5) is 23.8 Å². The van der Waals surface area contributed by atoms with Gasteiger partial charge in [0.2, 0.25) is 0 Å². The molecule has 1 atom stereocenters. The zero-order chi connectivity index (χ0) is 25.5. The number of fused-ring (bicyclic) bond motifs is 1. The number of amides is 2. The standard InChI is InChI=1S/C23H28F3N9O/c1-15(23(24,25)26)32-21(36)34-8-6-33(7-9-34)17-10-22(11-17,3-4-27)35-13-16(12-31-35)19-18-2-5-28-20(18)30-14-29-19/h12-15,17H,2-3,5-11H2,1H3,(H,32,36)(H,28,29,30)/t15-,17-,22-/m1/s1. The fraction of sp³-hybridized carbons (Fsp3) is 0.609. The fourth-order valence-electron chi connectivity index (χ4n) is 5.34. The molecule has 5 rings (SSSR count). The van der Waals surface area contributed by atoms with Gasteiger partial charge in [0.05, 0.1) is 29.9 Å². The average molecular weight is 504 g/mol. The number of alkyl halides is 3. The Morgan fingerprint density at radius 1 is 1.31 bits per heavy atom. The van der Waals surface area contributed by atoms with Gasteiger partial charge in [0.1, 0.15) is 18.2 Å². The number of urea groups is 1. The van der Waals surface area contributed by atoms with Crippen LogP contribution in [0.2, 0.25) is 0 Å². The van der Waals surface area contributed by atoms with Crippen LogP contribution < -0.4 is 10.6 Å². The van der Waals surface area contributed by atoms with Crippen molar-refractivity contribution in [2.24, 2.45) is 0 Å². The second-order valence-corrected chi connectivity index (χ2v) is 9.76. The maximum atomic E-state index is 12.7. The number of hydrogen-bond donors (Lipinski definition) is 2. The van der Waals surface area contributed by atoms with Gasteiger partial charge in [0.15, 0.2) is 0 Å². The first-order valence-corrected chi connectivity index (χ1v) is 12.1. The predicted molar refractivity (Wildman–Crippen MR) is 124 cm³/mol. The first-order chi connectivity index (χ1) is 17.2. The lowest BCUT2D eigenvalue weighted by atomic mass is 9.70. The minimum absolute atomic E-state index is 0.220. The molecule has 2 amide bonds. The number of nitriles is 1. The molecule has 0 unspecified atom stereocenters. The maximum Gasteiger partial charge on any atom is 0.408 e. The molecule has 36 heavy (non-hydrogen) atoms. The highest BCUT2D eigenvalue weighted by Gasteiger charge is 2.49. The van der Waals surface area contributed by atoms with Gasteiger partial charge in [-0.2, -0.15) is 23.5 Å². The largest absolute Gasteiger partial charge is 0.408 e. The van der Waals surface area contributed by atoms with Crippen molar-refractivity contribution in [2.75, 3.05) is 38.0 Å². The van der Waals surface area contributed by atoms with E-state index >= 15 is 0 Å². The van der Waals surface area contributed by atoms with Crippen LogP contribution in [0.25, 0.3) is 11.3 Å². The summed E-state index contributed by atoms with van der Waals surface area (Å²) in [5.74, 6) is 0.851. The highest BCUT2D eigenvalue weighted by atomic mass is 19.4. The number of rotatable bonds is 5. The molecule has 2 N–H and O–H groups in total. The third kappa shape index (κ3) is 4.45. The zero-order valence-electron chi connectivity index (χ0n) is 19.9. The average Bonchev–Trinajstić information content (AvgIpc) is 3.50. The van der Waals surface area contributed by atoms with E-state index < -0.39 is 23.8 Å².